The Hall–Kier alpha value is -2.45. The zero-order valence-corrected chi connectivity index (χ0v) is 18.1. The molecule has 0 unspecified atom stereocenters. The Balaban J connectivity index is 1.76. The van der Waals surface area contributed by atoms with Gasteiger partial charge in [0.05, 0.1) is 12.6 Å². The molecule has 0 fully saturated rings. The van der Waals surface area contributed by atoms with E-state index in [9.17, 15) is 14.0 Å². The molecule has 30 heavy (non-hydrogen) atoms. The first-order valence-corrected chi connectivity index (χ1v) is 10.9. The van der Waals surface area contributed by atoms with Crippen molar-refractivity contribution in [2.75, 3.05) is 40.0 Å². The molecule has 0 saturated carbocycles. The second-order valence-corrected chi connectivity index (χ2v) is 8.14. The standard InChI is InChI=1S/C22H27FN2O4S/c1-3-10-24(22(27)15-28-2)13-21(26)25-11-8-20-16(9-12-30-20)18(25)14-29-19-7-5-4-6-17(19)23/h4-7,9,12,18H,3,8,10-11,13-15H2,1-2H3/t18-/m1/s1. The molecule has 0 saturated heterocycles. The van der Waals surface area contributed by atoms with E-state index in [0.29, 0.717) is 13.1 Å². The van der Waals surface area contributed by atoms with Gasteiger partial charge in [-0.2, -0.15) is 0 Å². The lowest BCUT2D eigenvalue weighted by Gasteiger charge is -2.37. The number of carbonyl (C=O) groups is 2. The van der Waals surface area contributed by atoms with Gasteiger partial charge in [0.15, 0.2) is 11.6 Å². The first-order valence-electron chi connectivity index (χ1n) is 10.0. The molecule has 0 aliphatic carbocycles. The van der Waals surface area contributed by atoms with E-state index in [1.54, 1.807) is 34.4 Å². The van der Waals surface area contributed by atoms with Gasteiger partial charge in [-0.1, -0.05) is 19.1 Å². The number of carbonyl (C=O) groups excluding carboxylic acids is 2. The molecule has 0 bridgehead atoms. The van der Waals surface area contributed by atoms with Crippen LogP contribution in [0.4, 0.5) is 4.39 Å². The van der Waals surface area contributed by atoms with Crippen molar-refractivity contribution in [2.24, 2.45) is 0 Å². The summed E-state index contributed by atoms with van der Waals surface area (Å²) in [6, 6.07) is 7.91. The molecule has 1 atom stereocenters. The van der Waals surface area contributed by atoms with E-state index >= 15 is 0 Å². The summed E-state index contributed by atoms with van der Waals surface area (Å²) in [6.45, 7) is 3.07. The van der Waals surface area contributed by atoms with Crippen LogP contribution in [0.2, 0.25) is 0 Å². The minimum atomic E-state index is -0.434. The summed E-state index contributed by atoms with van der Waals surface area (Å²) >= 11 is 1.65. The molecule has 2 heterocycles. The van der Waals surface area contributed by atoms with Crippen molar-refractivity contribution in [3.63, 3.8) is 0 Å². The van der Waals surface area contributed by atoms with Crippen molar-refractivity contribution in [3.8, 4) is 5.75 Å². The molecule has 3 rings (SSSR count). The van der Waals surface area contributed by atoms with Crippen molar-refractivity contribution in [3.05, 3.63) is 52.0 Å². The molecule has 1 aromatic heterocycles. The summed E-state index contributed by atoms with van der Waals surface area (Å²) < 4.78 is 24.7. The van der Waals surface area contributed by atoms with Crippen molar-refractivity contribution >= 4 is 23.2 Å². The van der Waals surface area contributed by atoms with Crippen LogP contribution in [-0.4, -0.2) is 61.6 Å². The van der Waals surface area contributed by atoms with Gasteiger partial charge in [0, 0.05) is 25.1 Å². The van der Waals surface area contributed by atoms with Crippen molar-refractivity contribution < 1.29 is 23.5 Å². The Morgan fingerprint density at radius 2 is 2.10 bits per heavy atom. The maximum absolute atomic E-state index is 14.0. The molecular weight excluding hydrogens is 407 g/mol. The van der Waals surface area contributed by atoms with Crippen molar-refractivity contribution in [1.29, 1.82) is 0 Å². The largest absolute Gasteiger partial charge is 0.488 e. The Morgan fingerprint density at radius 1 is 1.30 bits per heavy atom. The van der Waals surface area contributed by atoms with E-state index in [4.69, 9.17) is 9.47 Å². The highest BCUT2D eigenvalue weighted by Gasteiger charge is 2.33. The molecule has 1 aliphatic rings. The fourth-order valence-electron chi connectivity index (χ4n) is 3.64. The first kappa shape index (κ1) is 22.2. The summed E-state index contributed by atoms with van der Waals surface area (Å²) in [7, 11) is 1.46. The van der Waals surface area contributed by atoms with E-state index in [-0.39, 0.29) is 43.4 Å². The van der Waals surface area contributed by atoms with Crippen LogP contribution in [0, 0.1) is 5.82 Å². The SMILES string of the molecule is CCCN(CC(=O)N1CCc2sccc2[C@H]1COc1ccccc1F)C(=O)COC. The molecule has 0 N–H and O–H groups in total. The molecule has 1 aliphatic heterocycles. The van der Waals surface area contributed by atoms with E-state index in [2.05, 4.69) is 0 Å². The third kappa shape index (κ3) is 5.17. The number of para-hydroxylation sites is 1. The van der Waals surface area contributed by atoms with E-state index in [0.717, 1.165) is 18.4 Å². The highest BCUT2D eigenvalue weighted by Crippen LogP contribution is 2.34. The number of hydrogen-bond acceptors (Lipinski definition) is 5. The smallest absolute Gasteiger partial charge is 0.249 e. The highest BCUT2D eigenvalue weighted by atomic mass is 32.1. The fourth-order valence-corrected chi connectivity index (χ4v) is 4.56. The van der Waals surface area contributed by atoms with Gasteiger partial charge in [0.2, 0.25) is 11.8 Å². The van der Waals surface area contributed by atoms with Crippen molar-refractivity contribution in [1.82, 2.24) is 9.80 Å². The number of halogens is 1. The van der Waals surface area contributed by atoms with Crippen LogP contribution in [0.1, 0.15) is 29.8 Å². The lowest BCUT2D eigenvalue weighted by atomic mass is 10.0. The number of amides is 2. The predicted octanol–water partition coefficient (Wildman–Crippen LogP) is 3.28. The number of ether oxygens (including phenoxy) is 2. The van der Waals surface area contributed by atoms with Crippen LogP contribution in [0.3, 0.4) is 0 Å². The van der Waals surface area contributed by atoms with Gasteiger partial charge in [-0.25, -0.2) is 4.39 Å². The summed E-state index contributed by atoms with van der Waals surface area (Å²) in [6.07, 6.45) is 1.51. The maximum Gasteiger partial charge on any atom is 0.249 e. The number of rotatable bonds is 9. The quantitative estimate of drug-likeness (QED) is 0.608. The monoisotopic (exact) mass is 434 g/mol. The lowest BCUT2D eigenvalue weighted by molar-refractivity contribution is -0.144. The van der Waals surface area contributed by atoms with E-state index in [1.165, 1.54) is 23.0 Å². The average molecular weight is 435 g/mol. The van der Waals surface area contributed by atoms with Gasteiger partial charge < -0.3 is 19.3 Å². The van der Waals surface area contributed by atoms with Crippen molar-refractivity contribution in [2.45, 2.75) is 25.8 Å². The van der Waals surface area contributed by atoms with Gasteiger partial charge in [-0.3, -0.25) is 9.59 Å². The third-order valence-corrected chi connectivity index (χ3v) is 6.09. The maximum atomic E-state index is 14.0. The number of hydrogen-bond donors (Lipinski definition) is 0. The van der Waals surface area contributed by atoms with Gasteiger partial charge in [0.1, 0.15) is 13.2 Å². The molecule has 6 nitrogen and oxygen atoms in total. The fraction of sp³-hybridized carbons (Fsp3) is 0.455. The second kappa shape index (κ2) is 10.5. The second-order valence-electron chi connectivity index (χ2n) is 7.14. The zero-order chi connectivity index (χ0) is 21.5. The molecule has 2 amide bonds. The normalized spacial score (nSPS) is 15.6. The van der Waals surface area contributed by atoms with Crippen LogP contribution in [0.25, 0.3) is 0 Å². The van der Waals surface area contributed by atoms with Crippen LogP contribution in [-0.2, 0) is 20.7 Å². The minimum absolute atomic E-state index is 0.00823. The van der Waals surface area contributed by atoms with Gasteiger partial charge in [0.25, 0.3) is 0 Å². The Kier molecular flexibility index (Phi) is 7.81. The lowest BCUT2D eigenvalue weighted by Crippen LogP contribution is -2.48. The number of nitrogens with zero attached hydrogens (tertiary/aromatic N) is 2. The van der Waals surface area contributed by atoms with Crippen LogP contribution in [0.5, 0.6) is 5.75 Å². The average Bonchev–Trinajstić information content (AvgIpc) is 3.22. The number of benzene rings is 1. The predicted molar refractivity (Wildman–Crippen MR) is 113 cm³/mol. The minimum Gasteiger partial charge on any atom is -0.488 e. The molecule has 1 aromatic carbocycles. The van der Waals surface area contributed by atoms with Crippen LogP contribution in [0.15, 0.2) is 35.7 Å². The van der Waals surface area contributed by atoms with Gasteiger partial charge in [-0.05, 0) is 42.0 Å². The van der Waals surface area contributed by atoms with E-state index < -0.39 is 5.82 Å². The molecule has 162 valence electrons. The number of thiophene rings is 1. The Bertz CT molecular complexity index is 872. The molecule has 2 aromatic rings. The van der Waals surface area contributed by atoms with Crippen LogP contribution >= 0.6 is 11.3 Å². The molecule has 8 heteroatoms. The summed E-state index contributed by atoms with van der Waals surface area (Å²) in [5, 5.41) is 2.00. The van der Waals surface area contributed by atoms with E-state index in [1.807, 2.05) is 18.4 Å². The zero-order valence-electron chi connectivity index (χ0n) is 17.3. The third-order valence-electron chi connectivity index (χ3n) is 5.09. The highest BCUT2D eigenvalue weighted by molar-refractivity contribution is 7.10. The Labute approximate surface area is 180 Å². The number of fused-ring (bicyclic) bond motifs is 1. The Morgan fingerprint density at radius 3 is 2.83 bits per heavy atom. The first-order chi connectivity index (χ1) is 14.5. The molecular formula is C22H27FN2O4S. The van der Waals surface area contributed by atoms with Gasteiger partial charge >= 0.3 is 0 Å². The molecule has 0 spiro atoms. The van der Waals surface area contributed by atoms with Gasteiger partial charge in [-0.15, -0.1) is 11.3 Å². The summed E-state index contributed by atoms with van der Waals surface area (Å²) in [5.41, 5.74) is 1.03. The topological polar surface area (TPSA) is 59.1 Å². The van der Waals surface area contributed by atoms with Crippen LogP contribution < -0.4 is 4.74 Å². The number of methoxy groups -OCH3 is 1. The summed E-state index contributed by atoms with van der Waals surface area (Å²) in [5.74, 6) is -0.627. The molecule has 0 radical (unpaired) electrons. The summed E-state index contributed by atoms with van der Waals surface area (Å²) in [4.78, 5) is 30.0.